The van der Waals surface area contributed by atoms with Gasteiger partial charge >= 0.3 is 12.1 Å². The molecule has 0 heterocycles. The maximum Gasteiger partial charge on any atom is 0.416 e. The standard InChI is InChI=1S/C17H14ClF3O4/c1-10(16(22)23-2)24-14-5-3-4-6-15(14)25-13-8-7-11(9-12(13)18)17(19,20)21/h3-10H,1-2H3. The molecule has 0 aliphatic carbocycles. The topological polar surface area (TPSA) is 44.8 Å². The van der Waals surface area contributed by atoms with E-state index in [1.54, 1.807) is 18.2 Å². The van der Waals surface area contributed by atoms with E-state index in [9.17, 15) is 18.0 Å². The third-order valence-corrected chi connectivity index (χ3v) is 3.46. The SMILES string of the molecule is COC(=O)C(C)Oc1ccccc1Oc1ccc(C(F)(F)F)cc1Cl. The molecule has 0 fully saturated rings. The van der Waals surface area contributed by atoms with E-state index in [0.29, 0.717) is 0 Å². The van der Waals surface area contributed by atoms with Crippen molar-refractivity contribution in [3.63, 3.8) is 0 Å². The van der Waals surface area contributed by atoms with Gasteiger partial charge in [-0.3, -0.25) is 0 Å². The maximum absolute atomic E-state index is 12.7. The molecule has 0 aliphatic rings. The van der Waals surface area contributed by atoms with Crippen LogP contribution in [0.3, 0.4) is 0 Å². The number of hydrogen-bond acceptors (Lipinski definition) is 4. The molecule has 1 atom stereocenters. The summed E-state index contributed by atoms with van der Waals surface area (Å²) in [5.41, 5.74) is -0.881. The van der Waals surface area contributed by atoms with Crippen molar-refractivity contribution in [3.05, 3.63) is 53.1 Å². The summed E-state index contributed by atoms with van der Waals surface area (Å²) in [4.78, 5) is 11.5. The summed E-state index contributed by atoms with van der Waals surface area (Å²) >= 11 is 5.88. The van der Waals surface area contributed by atoms with E-state index < -0.39 is 23.8 Å². The first-order valence-corrected chi connectivity index (χ1v) is 7.48. The molecular formula is C17H14ClF3O4. The van der Waals surface area contributed by atoms with Gasteiger partial charge in [0.2, 0.25) is 0 Å². The number of carbonyl (C=O) groups is 1. The molecule has 2 rings (SSSR count). The summed E-state index contributed by atoms with van der Waals surface area (Å²) in [5, 5.41) is -0.203. The van der Waals surface area contributed by atoms with E-state index in [0.717, 1.165) is 18.2 Å². The molecule has 2 aromatic carbocycles. The zero-order valence-electron chi connectivity index (χ0n) is 13.3. The summed E-state index contributed by atoms with van der Waals surface area (Å²) in [6.07, 6.45) is -5.39. The van der Waals surface area contributed by atoms with Crippen LogP contribution in [0, 0.1) is 0 Å². The van der Waals surface area contributed by atoms with Gasteiger partial charge in [-0.25, -0.2) is 4.79 Å². The molecule has 8 heteroatoms. The smallest absolute Gasteiger partial charge is 0.416 e. The van der Waals surface area contributed by atoms with Gasteiger partial charge in [0.1, 0.15) is 5.75 Å². The lowest BCUT2D eigenvalue weighted by molar-refractivity contribution is -0.148. The van der Waals surface area contributed by atoms with E-state index in [1.807, 2.05) is 0 Å². The van der Waals surface area contributed by atoms with Crippen LogP contribution < -0.4 is 9.47 Å². The van der Waals surface area contributed by atoms with Gasteiger partial charge in [0.05, 0.1) is 17.7 Å². The van der Waals surface area contributed by atoms with E-state index in [1.165, 1.54) is 20.1 Å². The minimum Gasteiger partial charge on any atom is -0.475 e. The number of para-hydroxylation sites is 2. The van der Waals surface area contributed by atoms with Gasteiger partial charge in [-0.2, -0.15) is 13.2 Å². The Balaban J connectivity index is 2.25. The monoisotopic (exact) mass is 374 g/mol. The lowest BCUT2D eigenvalue weighted by Gasteiger charge is -2.16. The number of ether oxygens (including phenoxy) is 3. The van der Waals surface area contributed by atoms with Crippen LogP contribution in [-0.4, -0.2) is 19.2 Å². The number of benzene rings is 2. The van der Waals surface area contributed by atoms with Gasteiger partial charge in [0, 0.05) is 0 Å². The minimum atomic E-state index is -4.50. The van der Waals surface area contributed by atoms with Crippen LogP contribution in [0.2, 0.25) is 5.02 Å². The quantitative estimate of drug-likeness (QED) is 0.684. The van der Waals surface area contributed by atoms with E-state index in [-0.39, 0.29) is 22.3 Å². The minimum absolute atomic E-state index is 0.0245. The molecule has 0 bridgehead atoms. The van der Waals surface area contributed by atoms with Crippen molar-refractivity contribution in [2.75, 3.05) is 7.11 Å². The van der Waals surface area contributed by atoms with Crippen LogP contribution in [0.5, 0.6) is 17.2 Å². The molecule has 0 saturated carbocycles. The third-order valence-electron chi connectivity index (χ3n) is 3.17. The molecule has 0 N–H and O–H groups in total. The Kier molecular flexibility index (Phi) is 5.79. The summed E-state index contributed by atoms with van der Waals surface area (Å²) in [6.45, 7) is 1.49. The molecule has 0 amide bonds. The average molecular weight is 375 g/mol. The van der Waals surface area contributed by atoms with Crippen LogP contribution in [0.4, 0.5) is 13.2 Å². The highest BCUT2D eigenvalue weighted by Crippen LogP contribution is 2.38. The predicted octanol–water partition coefficient (Wildman–Crippen LogP) is 5.09. The van der Waals surface area contributed by atoms with Crippen molar-refractivity contribution in [1.82, 2.24) is 0 Å². The second-order valence-electron chi connectivity index (χ2n) is 4.97. The fraction of sp³-hybridized carbons (Fsp3) is 0.235. The van der Waals surface area contributed by atoms with Crippen molar-refractivity contribution in [1.29, 1.82) is 0 Å². The van der Waals surface area contributed by atoms with Gasteiger partial charge in [-0.1, -0.05) is 23.7 Å². The zero-order chi connectivity index (χ0) is 18.6. The van der Waals surface area contributed by atoms with Crippen LogP contribution in [-0.2, 0) is 15.7 Å². The van der Waals surface area contributed by atoms with Crippen molar-refractivity contribution in [2.45, 2.75) is 19.2 Å². The van der Waals surface area contributed by atoms with Gasteiger partial charge in [0.25, 0.3) is 0 Å². The van der Waals surface area contributed by atoms with Crippen molar-refractivity contribution < 1.29 is 32.2 Å². The fourth-order valence-corrected chi connectivity index (χ4v) is 2.13. The van der Waals surface area contributed by atoms with Crippen LogP contribution in [0.25, 0.3) is 0 Å². The summed E-state index contributed by atoms with van der Waals surface area (Å²) in [5.74, 6) is -0.143. The fourth-order valence-electron chi connectivity index (χ4n) is 1.91. The first-order chi connectivity index (χ1) is 11.7. The second-order valence-corrected chi connectivity index (χ2v) is 5.38. The molecule has 0 saturated heterocycles. The Hall–Kier alpha value is -2.41. The summed E-state index contributed by atoms with van der Waals surface area (Å²) < 4.78 is 53.6. The van der Waals surface area contributed by atoms with Crippen molar-refractivity contribution in [2.24, 2.45) is 0 Å². The number of hydrogen-bond donors (Lipinski definition) is 0. The predicted molar refractivity (Wildman–Crippen MR) is 85.1 cm³/mol. The zero-order valence-corrected chi connectivity index (χ0v) is 14.0. The first-order valence-electron chi connectivity index (χ1n) is 7.10. The Morgan fingerprint density at radius 2 is 1.72 bits per heavy atom. The lowest BCUT2D eigenvalue weighted by Crippen LogP contribution is -2.25. The first kappa shape index (κ1) is 18.9. The molecule has 0 aliphatic heterocycles. The number of alkyl halides is 3. The number of rotatable bonds is 5. The van der Waals surface area contributed by atoms with Crippen molar-refractivity contribution >= 4 is 17.6 Å². The Morgan fingerprint density at radius 3 is 2.28 bits per heavy atom. The molecule has 1 unspecified atom stereocenters. The van der Waals surface area contributed by atoms with Gasteiger partial charge < -0.3 is 14.2 Å². The normalized spacial score (nSPS) is 12.4. The summed E-state index contributed by atoms with van der Waals surface area (Å²) in [7, 11) is 1.23. The molecule has 0 radical (unpaired) electrons. The van der Waals surface area contributed by atoms with E-state index in [2.05, 4.69) is 4.74 Å². The highest BCUT2D eigenvalue weighted by molar-refractivity contribution is 6.32. The second kappa shape index (κ2) is 7.65. The molecule has 25 heavy (non-hydrogen) atoms. The van der Waals surface area contributed by atoms with Crippen LogP contribution in [0.15, 0.2) is 42.5 Å². The average Bonchev–Trinajstić information content (AvgIpc) is 2.56. The molecule has 0 spiro atoms. The Labute approximate surface area is 147 Å². The molecule has 0 aromatic heterocycles. The summed E-state index contributed by atoms with van der Waals surface area (Å²) in [6, 6.07) is 9.13. The van der Waals surface area contributed by atoms with E-state index >= 15 is 0 Å². The number of methoxy groups -OCH3 is 1. The highest BCUT2D eigenvalue weighted by atomic mass is 35.5. The highest BCUT2D eigenvalue weighted by Gasteiger charge is 2.31. The van der Waals surface area contributed by atoms with Gasteiger partial charge in [0.15, 0.2) is 17.6 Å². The van der Waals surface area contributed by atoms with Crippen LogP contribution in [0.1, 0.15) is 12.5 Å². The number of carbonyl (C=O) groups excluding carboxylic acids is 1. The van der Waals surface area contributed by atoms with Gasteiger partial charge in [-0.15, -0.1) is 0 Å². The Morgan fingerprint density at radius 1 is 1.08 bits per heavy atom. The van der Waals surface area contributed by atoms with Crippen molar-refractivity contribution in [3.8, 4) is 17.2 Å². The van der Waals surface area contributed by atoms with Gasteiger partial charge in [-0.05, 0) is 37.3 Å². The molecule has 4 nitrogen and oxygen atoms in total. The maximum atomic E-state index is 12.7. The molecule has 2 aromatic rings. The van der Waals surface area contributed by atoms with Crippen LogP contribution >= 0.6 is 11.6 Å². The molecule has 134 valence electrons. The van der Waals surface area contributed by atoms with E-state index in [4.69, 9.17) is 21.1 Å². The third kappa shape index (κ3) is 4.79. The Bertz CT molecular complexity index is 762. The largest absolute Gasteiger partial charge is 0.475 e. The molecular weight excluding hydrogens is 361 g/mol. The lowest BCUT2D eigenvalue weighted by atomic mass is 10.2. The number of esters is 1. The number of halogens is 4.